The summed E-state index contributed by atoms with van der Waals surface area (Å²) in [6.07, 6.45) is 2.72. The number of rotatable bonds is 22. The number of carboxylic acids is 3. The number of benzene rings is 3. The van der Waals surface area contributed by atoms with Crippen molar-refractivity contribution < 1.29 is 62.2 Å². The number of hydrogen-bond donors (Lipinski definition) is 7. The first kappa shape index (κ1) is 59.3. The highest BCUT2D eigenvalue weighted by atomic mass is 35.5. The predicted octanol–water partition coefficient (Wildman–Crippen LogP) is 10.7. The Morgan fingerprint density at radius 1 is 0.814 bits per heavy atom. The third-order valence-electron chi connectivity index (χ3n) is 10.4. The number of aliphatic hydroxyl groups is 1. The number of ether oxygens (including phenoxy) is 3. The van der Waals surface area contributed by atoms with Crippen LogP contribution >= 0.6 is 45.9 Å². The lowest BCUT2D eigenvalue weighted by atomic mass is 9.96. The first-order valence-corrected chi connectivity index (χ1v) is 24.7. The minimum atomic E-state index is -4.34. The van der Waals surface area contributed by atoms with E-state index < -0.39 is 48.1 Å². The van der Waals surface area contributed by atoms with E-state index >= 15 is 0 Å². The predicted molar refractivity (Wildman–Crippen MR) is 266 cm³/mol. The number of aryl methyl sites for hydroxylation is 1. The number of para-hydroxylation sites is 1. The van der Waals surface area contributed by atoms with Crippen molar-refractivity contribution in [1.82, 2.24) is 15.6 Å². The highest BCUT2D eigenvalue weighted by molar-refractivity contribution is 7.12. The summed E-state index contributed by atoms with van der Waals surface area (Å²) in [7, 11) is 3.94. The van der Waals surface area contributed by atoms with Crippen LogP contribution < -0.4 is 30.6 Å². The second kappa shape index (κ2) is 30.7. The molecule has 0 bridgehead atoms. The Morgan fingerprint density at radius 3 is 1.93 bits per heavy atom. The van der Waals surface area contributed by atoms with Crippen LogP contribution in [0, 0.1) is 12.8 Å². The highest BCUT2D eigenvalue weighted by Gasteiger charge is 2.41. The summed E-state index contributed by atoms with van der Waals surface area (Å²) in [4.78, 5) is 37.3. The SMILES string of the molecule is CNCCC(Oc1cc(Cl)ccc1Cl)C1CCCC1.CNCCC(Oc1ccccc1)c1ccc(C)s1.NCCC(Oc1ccc(C(F)(F)F)cc1)c1nccs1.O=C(O)CC(O)(CC(=O)O)C(=O)O. The first-order chi connectivity index (χ1) is 33.3. The Labute approximate surface area is 423 Å². The fourth-order valence-electron chi connectivity index (χ4n) is 6.94. The number of nitrogens with zero attached hydrogens (tertiary/aromatic N) is 1. The van der Waals surface area contributed by atoms with Gasteiger partial charge in [0.1, 0.15) is 34.5 Å². The molecule has 3 atom stereocenters. The van der Waals surface area contributed by atoms with Crippen LogP contribution in [-0.2, 0) is 20.6 Å². The maximum Gasteiger partial charge on any atom is 0.416 e. The van der Waals surface area contributed by atoms with Crippen LogP contribution in [0.3, 0.4) is 0 Å². The van der Waals surface area contributed by atoms with Gasteiger partial charge in [-0.3, -0.25) is 9.59 Å². The average Bonchev–Trinajstić information content (AvgIpc) is 4.13. The fourth-order valence-corrected chi connectivity index (χ4v) is 8.91. The van der Waals surface area contributed by atoms with Crippen molar-refractivity contribution in [3.05, 3.63) is 127 Å². The molecule has 384 valence electrons. The number of halogens is 5. The Balaban J connectivity index is 0.000000250. The first-order valence-electron chi connectivity index (χ1n) is 22.3. The molecular formula is C49H61Cl2F3N4O10S2. The third kappa shape index (κ3) is 21.6. The lowest BCUT2D eigenvalue weighted by molar-refractivity contribution is -0.170. The summed E-state index contributed by atoms with van der Waals surface area (Å²) in [6.45, 7) is 4.45. The smallest absolute Gasteiger partial charge is 0.416 e. The van der Waals surface area contributed by atoms with Crippen molar-refractivity contribution in [3.63, 3.8) is 0 Å². The van der Waals surface area contributed by atoms with Crippen LogP contribution in [0.15, 0.2) is 96.5 Å². The quantitative estimate of drug-likeness (QED) is 0.0343. The zero-order valence-electron chi connectivity index (χ0n) is 39.0. The van der Waals surface area contributed by atoms with E-state index in [1.54, 1.807) is 18.3 Å². The van der Waals surface area contributed by atoms with Crippen LogP contribution in [-0.4, -0.2) is 88.8 Å². The Bertz CT molecular complexity index is 2270. The molecule has 1 fully saturated rings. The minimum Gasteiger partial charge on any atom is -0.488 e. The van der Waals surface area contributed by atoms with Crippen LogP contribution in [0.1, 0.15) is 90.3 Å². The average molecular weight is 1060 g/mol. The topological polar surface area (TPSA) is 223 Å². The summed E-state index contributed by atoms with van der Waals surface area (Å²) >= 11 is 15.4. The van der Waals surface area contributed by atoms with Gasteiger partial charge < -0.3 is 51.0 Å². The highest BCUT2D eigenvalue weighted by Crippen LogP contribution is 2.36. The summed E-state index contributed by atoms with van der Waals surface area (Å²) in [6, 6.07) is 24.3. The minimum absolute atomic E-state index is 0.138. The number of aromatic nitrogens is 1. The van der Waals surface area contributed by atoms with Gasteiger partial charge in [-0.2, -0.15) is 13.2 Å². The molecule has 1 aliphatic carbocycles. The molecule has 3 aromatic carbocycles. The van der Waals surface area contributed by atoms with Gasteiger partial charge in [-0.15, -0.1) is 22.7 Å². The summed E-state index contributed by atoms with van der Waals surface area (Å²) in [5.74, 6) is -2.36. The van der Waals surface area contributed by atoms with Crippen molar-refractivity contribution in [2.24, 2.45) is 11.7 Å². The molecule has 2 heterocycles. The normalized spacial score (nSPS) is 13.7. The maximum atomic E-state index is 12.5. The van der Waals surface area contributed by atoms with E-state index in [-0.39, 0.29) is 18.3 Å². The van der Waals surface area contributed by atoms with Gasteiger partial charge in [-0.25, -0.2) is 9.78 Å². The lowest BCUT2D eigenvalue weighted by Crippen LogP contribution is -2.42. The molecular weight excluding hydrogens is 997 g/mol. The van der Waals surface area contributed by atoms with Gasteiger partial charge in [0.15, 0.2) is 11.7 Å². The number of thiazole rings is 1. The van der Waals surface area contributed by atoms with Crippen molar-refractivity contribution in [3.8, 4) is 17.2 Å². The number of aliphatic carboxylic acids is 3. The standard InChI is InChI=1S/C15H21Cl2NO.C15H19NOS.C13H13F3N2OS.C6H8O7/c1-18-9-8-14(11-4-2-3-5-11)19-15-10-12(16)6-7-13(15)17;1-12-8-9-15(18-12)14(10-11-16-2)17-13-6-4-3-5-7-13;14-13(15,16)9-1-3-10(4-2-9)19-11(5-6-17)12-18-7-8-20-12;7-3(8)1-6(13,5(11)12)2-4(9)10/h6-7,10-11,14,18H,2-5,8-9H2,1H3;3-9,14,16H,10-11H2,1-2H3;1-4,7-8,11H,5-6,17H2;13H,1-2H2,(H,7,8)(H,9,10)(H,11,12). The largest absolute Gasteiger partial charge is 0.488 e. The van der Waals surface area contributed by atoms with E-state index in [9.17, 15) is 27.6 Å². The molecule has 8 N–H and O–H groups in total. The molecule has 6 rings (SSSR count). The molecule has 0 spiro atoms. The van der Waals surface area contributed by atoms with Crippen LogP contribution in [0.25, 0.3) is 0 Å². The number of nitrogens with two attached hydrogens (primary N) is 1. The number of hydrogen-bond acceptors (Lipinski definition) is 13. The number of carboxylic acid groups (broad SMARTS) is 3. The second-order valence-electron chi connectivity index (χ2n) is 16.0. The van der Waals surface area contributed by atoms with Crippen LogP contribution in [0.2, 0.25) is 10.0 Å². The monoisotopic (exact) mass is 1060 g/mol. The fraction of sp³-hybridized carbons (Fsp3) is 0.429. The zero-order valence-corrected chi connectivity index (χ0v) is 42.1. The van der Waals surface area contributed by atoms with Gasteiger partial charge >= 0.3 is 24.1 Å². The van der Waals surface area contributed by atoms with Crippen LogP contribution in [0.4, 0.5) is 13.2 Å². The molecule has 1 aliphatic rings. The lowest BCUT2D eigenvalue weighted by Gasteiger charge is -2.25. The number of nitrogens with one attached hydrogen (secondary N) is 2. The van der Waals surface area contributed by atoms with E-state index in [0.29, 0.717) is 40.4 Å². The van der Waals surface area contributed by atoms with Crippen molar-refractivity contribution in [2.45, 2.75) is 94.8 Å². The molecule has 2 aromatic heterocycles. The molecule has 5 aromatic rings. The van der Waals surface area contributed by atoms with E-state index in [2.05, 4.69) is 34.7 Å². The van der Waals surface area contributed by atoms with Gasteiger partial charge in [0.25, 0.3) is 0 Å². The van der Waals surface area contributed by atoms with Gasteiger partial charge in [-0.1, -0.05) is 54.2 Å². The van der Waals surface area contributed by atoms with Gasteiger partial charge in [-0.05, 0) is 126 Å². The molecule has 3 unspecified atom stereocenters. The van der Waals surface area contributed by atoms with Crippen LogP contribution in [0.5, 0.6) is 17.2 Å². The van der Waals surface area contributed by atoms with E-state index in [1.165, 1.54) is 58.9 Å². The number of carbonyl (C=O) groups is 3. The van der Waals surface area contributed by atoms with E-state index in [1.807, 2.05) is 67.2 Å². The van der Waals surface area contributed by atoms with E-state index in [4.69, 9.17) is 63.6 Å². The molecule has 70 heavy (non-hydrogen) atoms. The Hall–Kier alpha value is -4.99. The Morgan fingerprint density at radius 2 is 1.41 bits per heavy atom. The van der Waals surface area contributed by atoms with Gasteiger partial charge in [0.05, 0.1) is 23.4 Å². The molecule has 0 amide bonds. The Kier molecular flexibility index (Phi) is 26.0. The maximum absolute atomic E-state index is 12.5. The molecule has 21 heteroatoms. The molecule has 1 saturated carbocycles. The second-order valence-corrected chi connectivity index (χ2v) is 19.1. The van der Waals surface area contributed by atoms with E-state index in [0.717, 1.165) is 48.8 Å². The molecule has 14 nitrogen and oxygen atoms in total. The van der Waals surface area contributed by atoms with Crippen molar-refractivity contribution >= 4 is 63.8 Å². The summed E-state index contributed by atoms with van der Waals surface area (Å²) in [5, 5.41) is 44.1. The number of alkyl halides is 3. The third-order valence-corrected chi connectivity index (χ3v) is 12.9. The number of thiophene rings is 1. The molecule has 0 radical (unpaired) electrons. The van der Waals surface area contributed by atoms with Crippen molar-refractivity contribution in [1.29, 1.82) is 0 Å². The zero-order chi connectivity index (χ0) is 51.7. The van der Waals surface area contributed by atoms with Crippen molar-refractivity contribution in [2.75, 3.05) is 33.7 Å². The summed E-state index contributed by atoms with van der Waals surface area (Å²) < 4.78 is 55.3. The molecule has 0 aliphatic heterocycles. The summed E-state index contributed by atoms with van der Waals surface area (Å²) in [5.41, 5.74) is 2.08. The molecule has 0 saturated heterocycles. The van der Waals surface area contributed by atoms with Gasteiger partial charge in [0, 0.05) is 45.3 Å². The van der Waals surface area contributed by atoms with Gasteiger partial charge in [0.2, 0.25) is 0 Å².